The van der Waals surface area contributed by atoms with Crippen LogP contribution in [0.1, 0.15) is 55.8 Å². The Kier molecular flexibility index (Phi) is 8.96. The van der Waals surface area contributed by atoms with Crippen LogP contribution in [0.2, 0.25) is 0 Å². The molecule has 6 nitrogen and oxygen atoms in total. The van der Waals surface area contributed by atoms with E-state index in [9.17, 15) is 20.1 Å². The molecule has 5 N–H and O–H groups in total. The molecule has 0 aliphatic carbocycles. The maximum Gasteiger partial charge on any atom is 0.338 e. The van der Waals surface area contributed by atoms with Crippen molar-refractivity contribution in [1.82, 2.24) is 0 Å². The molecule has 0 amide bonds. The first-order chi connectivity index (χ1) is 9.56. The van der Waals surface area contributed by atoms with Crippen LogP contribution in [0, 0.1) is 0 Å². The Morgan fingerprint density at radius 1 is 1.00 bits per heavy atom. The summed E-state index contributed by atoms with van der Waals surface area (Å²) >= 11 is 0. The lowest BCUT2D eigenvalue weighted by molar-refractivity contribution is 0.0496. The van der Waals surface area contributed by atoms with Crippen LogP contribution in [0.15, 0.2) is 12.1 Å². The van der Waals surface area contributed by atoms with Crippen LogP contribution in [-0.4, -0.2) is 33.4 Å². The van der Waals surface area contributed by atoms with Crippen molar-refractivity contribution < 1.29 is 30.3 Å². The minimum Gasteiger partial charge on any atom is -0.504 e. The quantitative estimate of drug-likeness (QED) is 0.387. The van der Waals surface area contributed by atoms with Gasteiger partial charge in [0, 0.05) is 0 Å². The molecule has 0 atom stereocenters. The molecule has 0 bridgehead atoms. The van der Waals surface area contributed by atoms with Crippen molar-refractivity contribution in [3.63, 3.8) is 0 Å². The zero-order valence-corrected chi connectivity index (χ0v) is 12.3. The van der Waals surface area contributed by atoms with Crippen molar-refractivity contribution in [3.8, 4) is 17.2 Å². The van der Waals surface area contributed by atoms with Gasteiger partial charge in [0.25, 0.3) is 0 Å². The Morgan fingerprint density at radius 2 is 1.52 bits per heavy atom. The van der Waals surface area contributed by atoms with Crippen molar-refractivity contribution in [2.24, 2.45) is 0 Å². The van der Waals surface area contributed by atoms with Gasteiger partial charge in [-0.3, -0.25) is 0 Å². The number of hydrogen-bond donors (Lipinski definition) is 3. The first-order valence-corrected chi connectivity index (χ1v) is 6.98. The number of esters is 1. The number of hydrogen-bond acceptors (Lipinski definition) is 5. The van der Waals surface area contributed by atoms with E-state index >= 15 is 0 Å². The molecule has 0 aliphatic rings. The third-order valence-electron chi connectivity index (χ3n) is 3.04. The molecule has 6 heteroatoms. The van der Waals surface area contributed by atoms with E-state index in [1.807, 2.05) is 0 Å². The second kappa shape index (κ2) is 9.88. The number of ether oxygens (including phenoxy) is 1. The van der Waals surface area contributed by atoms with Crippen molar-refractivity contribution in [3.05, 3.63) is 17.7 Å². The first kappa shape index (κ1) is 19.1. The topological polar surface area (TPSA) is 118 Å². The predicted octanol–water partition coefficient (Wildman–Crippen LogP) is 2.50. The number of aromatic hydroxyl groups is 3. The molecule has 120 valence electrons. The van der Waals surface area contributed by atoms with Crippen LogP contribution in [-0.2, 0) is 4.74 Å². The van der Waals surface area contributed by atoms with Gasteiger partial charge in [-0.15, -0.1) is 0 Å². The number of unbranched alkanes of at least 4 members (excludes halogenated alkanes) is 5. The summed E-state index contributed by atoms with van der Waals surface area (Å²) in [7, 11) is 0. The minimum atomic E-state index is -0.641. The van der Waals surface area contributed by atoms with Crippen LogP contribution in [0.3, 0.4) is 0 Å². The molecular formula is C15H24O6. The molecule has 0 heterocycles. The van der Waals surface area contributed by atoms with Crippen LogP contribution in [0.25, 0.3) is 0 Å². The summed E-state index contributed by atoms with van der Waals surface area (Å²) in [6.07, 6.45) is 6.57. The third-order valence-corrected chi connectivity index (χ3v) is 3.04. The van der Waals surface area contributed by atoms with Crippen LogP contribution >= 0.6 is 0 Å². The van der Waals surface area contributed by atoms with E-state index in [1.165, 1.54) is 19.3 Å². The molecule has 0 saturated heterocycles. The molecule has 0 unspecified atom stereocenters. The summed E-state index contributed by atoms with van der Waals surface area (Å²) in [5, 5.41) is 27.8. The highest BCUT2D eigenvalue weighted by Crippen LogP contribution is 2.35. The number of carbonyl (C=O) groups is 1. The molecule has 1 aromatic rings. The van der Waals surface area contributed by atoms with Gasteiger partial charge in [-0.2, -0.15) is 0 Å². The molecule has 0 fully saturated rings. The van der Waals surface area contributed by atoms with Gasteiger partial charge >= 0.3 is 5.97 Å². The standard InChI is InChI=1S/C15H22O5.H2O/c1-2-3-4-5-6-7-8-20-15(19)11-9-12(16)14(18)13(17)10-11;/h9-10,16-18H,2-8H2,1H3;1H2. The van der Waals surface area contributed by atoms with Crippen LogP contribution < -0.4 is 0 Å². The molecular weight excluding hydrogens is 276 g/mol. The maximum absolute atomic E-state index is 11.7. The van der Waals surface area contributed by atoms with Crippen molar-refractivity contribution in [2.45, 2.75) is 45.4 Å². The average molecular weight is 300 g/mol. The highest BCUT2D eigenvalue weighted by molar-refractivity contribution is 5.91. The lowest BCUT2D eigenvalue weighted by atomic mass is 10.1. The molecule has 0 radical (unpaired) electrons. The van der Waals surface area contributed by atoms with E-state index < -0.39 is 23.2 Å². The SMILES string of the molecule is CCCCCCCCOC(=O)c1cc(O)c(O)c(O)c1.O. The summed E-state index contributed by atoms with van der Waals surface area (Å²) in [5.74, 6) is -2.35. The molecule has 0 aromatic heterocycles. The van der Waals surface area contributed by atoms with Gasteiger partial charge in [0.2, 0.25) is 0 Å². The van der Waals surface area contributed by atoms with E-state index in [0.717, 1.165) is 31.4 Å². The van der Waals surface area contributed by atoms with E-state index in [1.54, 1.807) is 0 Å². The minimum absolute atomic E-state index is 0. The zero-order chi connectivity index (χ0) is 15.0. The lowest BCUT2D eigenvalue weighted by Gasteiger charge is -2.07. The van der Waals surface area contributed by atoms with Crippen molar-refractivity contribution in [1.29, 1.82) is 0 Å². The van der Waals surface area contributed by atoms with Gasteiger partial charge in [0.1, 0.15) is 0 Å². The molecule has 0 saturated carbocycles. The highest BCUT2D eigenvalue weighted by Gasteiger charge is 2.14. The first-order valence-electron chi connectivity index (χ1n) is 6.98. The second-order valence-corrected chi connectivity index (χ2v) is 4.77. The fourth-order valence-electron chi connectivity index (χ4n) is 1.85. The van der Waals surface area contributed by atoms with Gasteiger partial charge in [0.05, 0.1) is 12.2 Å². The van der Waals surface area contributed by atoms with Crippen molar-refractivity contribution in [2.75, 3.05) is 6.61 Å². The monoisotopic (exact) mass is 300 g/mol. The Morgan fingerprint density at radius 3 is 2.10 bits per heavy atom. The summed E-state index contributed by atoms with van der Waals surface area (Å²) in [4.78, 5) is 11.7. The normalized spacial score (nSPS) is 9.95. The summed E-state index contributed by atoms with van der Waals surface area (Å²) in [5.41, 5.74) is 0.0174. The van der Waals surface area contributed by atoms with Crippen molar-refractivity contribution >= 4 is 5.97 Å². The predicted molar refractivity (Wildman–Crippen MR) is 78.7 cm³/mol. The molecule has 1 rings (SSSR count). The Balaban J connectivity index is 0.00000400. The average Bonchev–Trinajstić information content (AvgIpc) is 2.43. The number of carbonyl (C=O) groups excluding carboxylic acids is 1. The molecule has 1 aromatic carbocycles. The van der Waals surface area contributed by atoms with Gasteiger partial charge in [-0.25, -0.2) is 4.79 Å². The number of phenolic OH excluding ortho intramolecular Hbond substituents is 3. The van der Waals surface area contributed by atoms with Gasteiger partial charge in [-0.1, -0.05) is 39.0 Å². The Hall–Kier alpha value is -1.95. The number of rotatable bonds is 8. The number of benzene rings is 1. The lowest BCUT2D eigenvalue weighted by Crippen LogP contribution is -2.06. The zero-order valence-electron chi connectivity index (χ0n) is 12.3. The van der Waals surface area contributed by atoms with E-state index in [4.69, 9.17) is 4.74 Å². The molecule has 0 spiro atoms. The van der Waals surface area contributed by atoms with Gasteiger partial charge in [0.15, 0.2) is 17.2 Å². The Bertz CT molecular complexity index is 421. The van der Waals surface area contributed by atoms with E-state index in [-0.39, 0.29) is 11.0 Å². The molecule has 0 aliphatic heterocycles. The second-order valence-electron chi connectivity index (χ2n) is 4.77. The summed E-state index contributed by atoms with van der Waals surface area (Å²) < 4.78 is 5.04. The van der Waals surface area contributed by atoms with E-state index in [2.05, 4.69) is 6.92 Å². The van der Waals surface area contributed by atoms with Gasteiger partial charge < -0.3 is 25.5 Å². The third kappa shape index (κ3) is 6.35. The largest absolute Gasteiger partial charge is 0.504 e. The van der Waals surface area contributed by atoms with Crippen LogP contribution in [0.5, 0.6) is 17.2 Å². The summed E-state index contributed by atoms with van der Waals surface area (Å²) in [6, 6.07) is 2.14. The fraction of sp³-hybridized carbons (Fsp3) is 0.533. The fourth-order valence-corrected chi connectivity index (χ4v) is 1.85. The van der Waals surface area contributed by atoms with E-state index in [0.29, 0.717) is 6.61 Å². The smallest absolute Gasteiger partial charge is 0.338 e. The maximum atomic E-state index is 11.7. The molecule has 21 heavy (non-hydrogen) atoms. The van der Waals surface area contributed by atoms with Gasteiger partial charge in [-0.05, 0) is 18.6 Å². The van der Waals surface area contributed by atoms with Crippen LogP contribution in [0.4, 0.5) is 0 Å². The number of phenols is 3. The Labute approximate surface area is 124 Å². The highest BCUT2D eigenvalue weighted by atomic mass is 16.5. The summed E-state index contributed by atoms with van der Waals surface area (Å²) in [6.45, 7) is 2.47.